The number of hydrogen-bond donors (Lipinski definition) is 4. The van der Waals surface area contributed by atoms with Crippen molar-refractivity contribution in [1.29, 1.82) is 0 Å². The fraction of sp³-hybridized carbons (Fsp3) is 0.607. The zero-order chi connectivity index (χ0) is 26.1. The van der Waals surface area contributed by atoms with Crippen LogP contribution in [0, 0.1) is 5.41 Å². The van der Waals surface area contributed by atoms with E-state index in [1.807, 2.05) is 12.2 Å². The number of carboxylic acids is 1. The first-order chi connectivity index (χ1) is 16.8. The number of carboxylic acid groups (broad SMARTS) is 1. The SMILES string of the molecule is CCCCCC[C@@H](O)C/C=C\CCCCCCC(C(=O)O)(C(=O)c1ccccc1)C(=O)C(O)CO. The first kappa shape index (κ1) is 30.7. The highest BCUT2D eigenvalue weighted by atomic mass is 16.4. The predicted octanol–water partition coefficient (Wildman–Crippen LogP) is 4.48. The molecule has 0 amide bonds. The van der Waals surface area contributed by atoms with Crippen molar-refractivity contribution >= 4 is 17.5 Å². The Morgan fingerprint density at radius 1 is 0.914 bits per heavy atom. The fourth-order valence-electron chi connectivity index (χ4n) is 4.16. The van der Waals surface area contributed by atoms with Crippen molar-refractivity contribution in [3.63, 3.8) is 0 Å². The smallest absolute Gasteiger partial charge is 0.325 e. The van der Waals surface area contributed by atoms with Crippen LogP contribution in [0.25, 0.3) is 0 Å². The molecule has 4 N–H and O–H groups in total. The van der Waals surface area contributed by atoms with E-state index < -0.39 is 35.7 Å². The third kappa shape index (κ3) is 10.0. The van der Waals surface area contributed by atoms with Crippen molar-refractivity contribution in [3.05, 3.63) is 48.0 Å². The highest BCUT2D eigenvalue weighted by molar-refractivity contribution is 6.27. The molecule has 0 aromatic heterocycles. The average molecular weight is 491 g/mol. The second-order valence-corrected chi connectivity index (χ2v) is 9.13. The Morgan fingerprint density at radius 3 is 2.20 bits per heavy atom. The van der Waals surface area contributed by atoms with Gasteiger partial charge in [-0.3, -0.25) is 14.4 Å². The van der Waals surface area contributed by atoms with Crippen molar-refractivity contribution in [2.45, 2.75) is 96.2 Å². The van der Waals surface area contributed by atoms with Gasteiger partial charge in [-0.2, -0.15) is 0 Å². The van der Waals surface area contributed by atoms with E-state index in [4.69, 9.17) is 0 Å². The predicted molar refractivity (Wildman–Crippen MR) is 135 cm³/mol. The summed E-state index contributed by atoms with van der Waals surface area (Å²) in [6.07, 6.45) is 11.0. The summed E-state index contributed by atoms with van der Waals surface area (Å²) in [5.41, 5.74) is -2.36. The van der Waals surface area contributed by atoms with Gasteiger partial charge < -0.3 is 20.4 Å². The fourth-order valence-corrected chi connectivity index (χ4v) is 4.16. The quantitative estimate of drug-likeness (QED) is 0.0917. The largest absolute Gasteiger partial charge is 0.480 e. The van der Waals surface area contributed by atoms with Crippen LogP contribution in [0.1, 0.15) is 94.3 Å². The van der Waals surface area contributed by atoms with Crippen LogP contribution in [0.3, 0.4) is 0 Å². The van der Waals surface area contributed by atoms with Gasteiger partial charge in [-0.25, -0.2) is 0 Å². The zero-order valence-electron chi connectivity index (χ0n) is 20.9. The number of aliphatic hydroxyl groups is 3. The van der Waals surface area contributed by atoms with Crippen LogP contribution < -0.4 is 0 Å². The minimum atomic E-state index is -2.43. The standard InChI is InChI=1S/C28H42O7/c1-2-3-4-13-18-23(30)19-14-8-6-5-7-9-15-20-28(27(34)35,26(33)24(31)21-29)25(32)22-16-11-10-12-17-22/h8,10-12,14,16-17,23-24,29-31H,2-7,9,13,15,18-21H2,1H3,(H,34,35)/b14-8-/t23-,24?,28?/m1/s1. The molecule has 7 heteroatoms. The Bertz CT molecular complexity index is 790. The molecule has 1 rings (SSSR count). The van der Waals surface area contributed by atoms with Gasteiger partial charge in [-0.1, -0.05) is 94.4 Å². The van der Waals surface area contributed by atoms with Gasteiger partial charge in [0.05, 0.1) is 12.7 Å². The molecule has 0 aliphatic heterocycles. The lowest BCUT2D eigenvalue weighted by molar-refractivity contribution is -0.156. The van der Waals surface area contributed by atoms with Crippen LogP contribution in [-0.2, 0) is 9.59 Å². The molecule has 0 saturated heterocycles. The first-order valence-electron chi connectivity index (χ1n) is 12.8. The van der Waals surface area contributed by atoms with Crippen molar-refractivity contribution in [1.82, 2.24) is 0 Å². The van der Waals surface area contributed by atoms with Crippen LogP contribution in [-0.4, -0.2) is 56.8 Å². The molecule has 35 heavy (non-hydrogen) atoms. The number of rotatable bonds is 20. The highest BCUT2D eigenvalue weighted by Gasteiger charge is 2.54. The molecule has 0 radical (unpaired) electrons. The summed E-state index contributed by atoms with van der Waals surface area (Å²) in [4.78, 5) is 38.2. The summed E-state index contributed by atoms with van der Waals surface area (Å²) >= 11 is 0. The molecule has 0 aliphatic rings. The number of aliphatic carboxylic acids is 1. The van der Waals surface area contributed by atoms with E-state index in [2.05, 4.69) is 6.92 Å². The Hall–Kier alpha value is -2.35. The van der Waals surface area contributed by atoms with Crippen LogP contribution >= 0.6 is 0 Å². The maximum atomic E-state index is 13.1. The maximum Gasteiger partial charge on any atom is 0.325 e. The van der Waals surface area contributed by atoms with Crippen molar-refractivity contribution < 1.29 is 34.8 Å². The third-order valence-corrected chi connectivity index (χ3v) is 6.32. The van der Waals surface area contributed by atoms with Gasteiger partial charge in [-0.05, 0) is 32.1 Å². The van der Waals surface area contributed by atoms with Gasteiger partial charge in [0.25, 0.3) is 0 Å². The summed E-state index contributed by atoms with van der Waals surface area (Å²) < 4.78 is 0. The minimum Gasteiger partial charge on any atom is -0.480 e. The van der Waals surface area contributed by atoms with E-state index in [0.717, 1.165) is 38.5 Å². The van der Waals surface area contributed by atoms with Crippen LogP contribution in [0.5, 0.6) is 0 Å². The lowest BCUT2D eigenvalue weighted by Crippen LogP contribution is -2.51. The number of benzene rings is 1. The second kappa shape index (κ2) is 17.1. The summed E-state index contributed by atoms with van der Waals surface area (Å²) in [6, 6.07) is 7.70. The van der Waals surface area contributed by atoms with Gasteiger partial charge in [0.1, 0.15) is 6.10 Å². The zero-order valence-corrected chi connectivity index (χ0v) is 20.9. The van der Waals surface area contributed by atoms with Gasteiger partial charge in [-0.15, -0.1) is 0 Å². The highest BCUT2D eigenvalue weighted by Crippen LogP contribution is 2.33. The first-order valence-corrected chi connectivity index (χ1v) is 12.8. The molecule has 0 bridgehead atoms. The molecular weight excluding hydrogens is 448 g/mol. The van der Waals surface area contributed by atoms with Gasteiger partial charge in [0.2, 0.25) is 0 Å². The van der Waals surface area contributed by atoms with Gasteiger partial charge >= 0.3 is 5.97 Å². The van der Waals surface area contributed by atoms with Crippen LogP contribution in [0.15, 0.2) is 42.5 Å². The molecule has 0 saturated carbocycles. The van der Waals surface area contributed by atoms with Crippen molar-refractivity contribution in [2.75, 3.05) is 6.61 Å². The van der Waals surface area contributed by atoms with Crippen LogP contribution in [0.2, 0.25) is 0 Å². The number of carbonyl (C=O) groups is 3. The topological polar surface area (TPSA) is 132 Å². The molecule has 3 atom stereocenters. The van der Waals surface area contributed by atoms with E-state index in [0.29, 0.717) is 19.3 Å². The number of hydrogen-bond acceptors (Lipinski definition) is 6. The summed E-state index contributed by atoms with van der Waals surface area (Å²) in [7, 11) is 0. The third-order valence-electron chi connectivity index (χ3n) is 6.32. The molecule has 196 valence electrons. The average Bonchev–Trinajstić information content (AvgIpc) is 2.87. The lowest BCUT2D eigenvalue weighted by atomic mass is 9.71. The number of allylic oxidation sites excluding steroid dienone is 1. The van der Waals surface area contributed by atoms with Crippen LogP contribution in [0.4, 0.5) is 0 Å². The normalized spacial score (nSPS) is 15.0. The van der Waals surface area contributed by atoms with Crippen molar-refractivity contribution in [2.24, 2.45) is 5.41 Å². The van der Waals surface area contributed by atoms with Gasteiger partial charge in [0.15, 0.2) is 17.0 Å². The molecule has 0 aliphatic carbocycles. The molecule has 7 nitrogen and oxygen atoms in total. The Morgan fingerprint density at radius 2 is 1.57 bits per heavy atom. The number of carbonyl (C=O) groups excluding carboxylic acids is 2. The molecular formula is C28H42O7. The Balaban J connectivity index is 2.58. The number of unbranched alkanes of at least 4 members (excludes halogenated alkanes) is 7. The molecule has 1 aromatic rings. The minimum absolute atomic E-state index is 0.0751. The second-order valence-electron chi connectivity index (χ2n) is 9.13. The number of Topliss-reactive ketones (excluding diaryl/α,β-unsaturated/α-hetero) is 2. The monoisotopic (exact) mass is 490 g/mol. The summed E-state index contributed by atoms with van der Waals surface area (Å²) in [5.74, 6) is -3.67. The molecule has 0 heterocycles. The van der Waals surface area contributed by atoms with E-state index in [9.17, 15) is 34.8 Å². The van der Waals surface area contributed by atoms with E-state index in [-0.39, 0.29) is 18.1 Å². The maximum absolute atomic E-state index is 13.1. The number of ketones is 2. The number of aliphatic hydroxyl groups excluding tert-OH is 3. The Labute approximate surface area is 208 Å². The van der Waals surface area contributed by atoms with Gasteiger partial charge in [0, 0.05) is 5.56 Å². The summed E-state index contributed by atoms with van der Waals surface area (Å²) in [5, 5.41) is 39.0. The lowest BCUT2D eigenvalue weighted by Gasteiger charge is -2.28. The van der Waals surface area contributed by atoms with E-state index in [1.165, 1.54) is 25.0 Å². The molecule has 0 fully saturated rings. The van der Waals surface area contributed by atoms with E-state index in [1.54, 1.807) is 18.2 Å². The molecule has 2 unspecified atom stereocenters. The van der Waals surface area contributed by atoms with E-state index >= 15 is 0 Å². The van der Waals surface area contributed by atoms with Crippen molar-refractivity contribution in [3.8, 4) is 0 Å². The summed E-state index contributed by atoms with van der Waals surface area (Å²) in [6.45, 7) is 1.21. The Kier molecular flexibility index (Phi) is 15.0. The molecule has 1 aromatic carbocycles. The molecule has 0 spiro atoms.